The number of nitrogens with zero attached hydrogens (tertiary/aromatic N) is 1. The molecule has 4 nitrogen and oxygen atoms in total. The molecule has 2 aromatic rings. The number of rotatable bonds is 1. The lowest BCUT2D eigenvalue weighted by Gasteiger charge is -2.29. The third-order valence-electron chi connectivity index (χ3n) is 3.78. The van der Waals surface area contributed by atoms with Gasteiger partial charge in [0.25, 0.3) is 0 Å². The van der Waals surface area contributed by atoms with Crippen molar-refractivity contribution in [3.63, 3.8) is 0 Å². The fraction of sp³-hybridized carbons (Fsp3) is 0.176. The minimum atomic E-state index is -0.377. The summed E-state index contributed by atoms with van der Waals surface area (Å²) in [4.78, 5) is 25.9. The van der Waals surface area contributed by atoms with Crippen molar-refractivity contribution in [2.45, 2.75) is 13.0 Å². The molecule has 0 aliphatic carbocycles. The summed E-state index contributed by atoms with van der Waals surface area (Å²) in [5.41, 5.74) is 2.41. The number of nitrogens with one attached hydrogen (secondary N) is 1. The van der Waals surface area contributed by atoms with E-state index in [0.717, 1.165) is 15.6 Å². The molecule has 0 bridgehead atoms. The number of benzene rings is 2. The number of hydrogen-bond donors (Lipinski definition) is 1. The number of carbonyl (C=O) groups excluding carboxylic acids is 2. The number of fused-ring (bicyclic) bond motifs is 1. The average Bonchev–Trinajstić information content (AvgIpc) is 2.63. The molecule has 0 saturated heterocycles. The molecule has 2 amide bonds. The standard InChI is InChI=1S/C17H14BrClN2O2/c1-10(22)21-9-16(23)20-15-6-5-12(18)8-14(15)17(21)11-3-2-4-13(19)7-11/h2-8,17H,9H2,1H3,(H,20,23)/t17-/m0/s1. The molecule has 1 heterocycles. The Morgan fingerprint density at radius 2 is 2.09 bits per heavy atom. The highest BCUT2D eigenvalue weighted by Crippen LogP contribution is 2.37. The zero-order chi connectivity index (χ0) is 16.6. The largest absolute Gasteiger partial charge is 0.324 e. The normalized spacial score (nSPS) is 17.3. The van der Waals surface area contributed by atoms with Gasteiger partial charge in [-0.15, -0.1) is 0 Å². The van der Waals surface area contributed by atoms with Crippen LogP contribution in [0.15, 0.2) is 46.9 Å². The van der Waals surface area contributed by atoms with Crippen molar-refractivity contribution in [3.05, 3.63) is 63.1 Å². The molecule has 1 aliphatic rings. The highest BCUT2D eigenvalue weighted by molar-refractivity contribution is 9.10. The summed E-state index contributed by atoms with van der Waals surface area (Å²) >= 11 is 9.58. The summed E-state index contributed by atoms with van der Waals surface area (Å²) in [6.07, 6.45) is 0. The number of amides is 2. The van der Waals surface area contributed by atoms with Crippen molar-refractivity contribution in [2.24, 2.45) is 0 Å². The Hall–Kier alpha value is -1.85. The third-order valence-corrected chi connectivity index (χ3v) is 4.51. The lowest BCUT2D eigenvalue weighted by atomic mass is 9.96. The third kappa shape index (κ3) is 3.26. The quantitative estimate of drug-likeness (QED) is 0.796. The van der Waals surface area contributed by atoms with Crippen LogP contribution >= 0.6 is 27.5 Å². The zero-order valence-electron chi connectivity index (χ0n) is 12.3. The minimum Gasteiger partial charge on any atom is -0.324 e. The van der Waals surface area contributed by atoms with Crippen LogP contribution in [0.3, 0.4) is 0 Å². The van der Waals surface area contributed by atoms with E-state index in [-0.39, 0.29) is 24.4 Å². The Bertz CT molecular complexity index is 794. The van der Waals surface area contributed by atoms with Gasteiger partial charge in [-0.1, -0.05) is 39.7 Å². The molecule has 3 rings (SSSR count). The average molecular weight is 394 g/mol. The van der Waals surface area contributed by atoms with E-state index < -0.39 is 0 Å². The number of hydrogen-bond acceptors (Lipinski definition) is 2. The van der Waals surface area contributed by atoms with E-state index >= 15 is 0 Å². The molecule has 118 valence electrons. The van der Waals surface area contributed by atoms with Crippen LogP contribution in [0, 0.1) is 0 Å². The van der Waals surface area contributed by atoms with Crippen LogP contribution < -0.4 is 5.32 Å². The molecule has 0 fully saturated rings. The van der Waals surface area contributed by atoms with Crippen molar-refractivity contribution in [1.29, 1.82) is 0 Å². The maximum atomic E-state index is 12.2. The Balaban J connectivity index is 2.24. The van der Waals surface area contributed by atoms with Crippen molar-refractivity contribution >= 4 is 45.0 Å². The van der Waals surface area contributed by atoms with Gasteiger partial charge in [-0.3, -0.25) is 9.59 Å². The molecule has 1 N–H and O–H groups in total. The first-order valence-electron chi connectivity index (χ1n) is 7.07. The zero-order valence-corrected chi connectivity index (χ0v) is 14.7. The Morgan fingerprint density at radius 1 is 1.30 bits per heavy atom. The summed E-state index contributed by atoms with van der Waals surface area (Å²) in [5, 5.41) is 3.45. The van der Waals surface area contributed by atoms with Crippen LogP contribution in [0.1, 0.15) is 24.1 Å². The van der Waals surface area contributed by atoms with Crippen LogP contribution in [-0.2, 0) is 9.59 Å². The van der Waals surface area contributed by atoms with Crippen LogP contribution in [0.2, 0.25) is 5.02 Å². The summed E-state index contributed by atoms with van der Waals surface area (Å²) in [7, 11) is 0. The molecule has 1 atom stereocenters. The van der Waals surface area contributed by atoms with E-state index in [1.165, 1.54) is 6.92 Å². The van der Waals surface area contributed by atoms with Crippen molar-refractivity contribution in [1.82, 2.24) is 4.90 Å². The molecule has 6 heteroatoms. The van der Waals surface area contributed by atoms with Gasteiger partial charge in [0.05, 0.1) is 6.04 Å². The molecule has 0 aromatic heterocycles. The first kappa shape index (κ1) is 16.0. The van der Waals surface area contributed by atoms with Gasteiger partial charge in [-0.25, -0.2) is 0 Å². The maximum Gasteiger partial charge on any atom is 0.244 e. The Morgan fingerprint density at radius 3 is 2.78 bits per heavy atom. The smallest absolute Gasteiger partial charge is 0.244 e. The lowest BCUT2D eigenvalue weighted by molar-refractivity contribution is -0.134. The minimum absolute atomic E-state index is 0.00118. The second kappa shape index (κ2) is 6.34. The number of halogens is 2. The summed E-state index contributed by atoms with van der Waals surface area (Å²) in [5.74, 6) is -0.383. The van der Waals surface area contributed by atoms with E-state index in [2.05, 4.69) is 21.2 Å². The van der Waals surface area contributed by atoms with Crippen LogP contribution in [-0.4, -0.2) is 23.3 Å². The molecule has 0 spiro atoms. The van der Waals surface area contributed by atoms with Gasteiger partial charge in [0.1, 0.15) is 6.54 Å². The molecular formula is C17H14BrClN2O2. The van der Waals surface area contributed by atoms with Gasteiger partial charge >= 0.3 is 0 Å². The summed E-state index contributed by atoms with van der Waals surface area (Å²) in [6.45, 7) is 1.46. The molecule has 0 saturated carbocycles. The lowest BCUT2D eigenvalue weighted by Crippen LogP contribution is -2.37. The highest BCUT2D eigenvalue weighted by atomic mass is 79.9. The number of carbonyl (C=O) groups is 2. The van der Waals surface area contributed by atoms with Gasteiger partial charge < -0.3 is 10.2 Å². The molecule has 0 radical (unpaired) electrons. The monoisotopic (exact) mass is 392 g/mol. The first-order chi connectivity index (χ1) is 11.0. The second-order valence-corrected chi connectivity index (χ2v) is 6.74. The highest BCUT2D eigenvalue weighted by Gasteiger charge is 2.32. The maximum absolute atomic E-state index is 12.2. The fourth-order valence-corrected chi connectivity index (χ4v) is 3.38. The fourth-order valence-electron chi connectivity index (χ4n) is 2.81. The van der Waals surface area contributed by atoms with Gasteiger partial charge in [0, 0.05) is 27.7 Å². The van der Waals surface area contributed by atoms with Crippen molar-refractivity contribution in [2.75, 3.05) is 11.9 Å². The predicted molar refractivity (Wildman–Crippen MR) is 93.5 cm³/mol. The van der Waals surface area contributed by atoms with E-state index in [0.29, 0.717) is 10.7 Å². The van der Waals surface area contributed by atoms with Crippen molar-refractivity contribution in [3.8, 4) is 0 Å². The summed E-state index contributed by atoms with van der Waals surface area (Å²) < 4.78 is 0.878. The Labute approximate surface area is 147 Å². The number of anilines is 1. The SMILES string of the molecule is CC(=O)N1CC(=O)Nc2ccc(Br)cc2[C@@H]1c1cccc(Cl)c1. The topological polar surface area (TPSA) is 49.4 Å². The van der Waals surface area contributed by atoms with Gasteiger partial charge in [-0.2, -0.15) is 0 Å². The first-order valence-corrected chi connectivity index (χ1v) is 8.25. The van der Waals surface area contributed by atoms with Gasteiger partial charge in [0.2, 0.25) is 11.8 Å². The van der Waals surface area contributed by atoms with E-state index in [4.69, 9.17) is 11.6 Å². The molecule has 1 aliphatic heterocycles. The molecule has 23 heavy (non-hydrogen) atoms. The molecule has 2 aromatic carbocycles. The van der Waals surface area contributed by atoms with Crippen LogP contribution in [0.25, 0.3) is 0 Å². The van der Waals surface area contributed by atoms with Crippen LogP contribution in [0.4, 0.5) is 5.69 Å². The van der Waals surface area contributed by atoms with E-state index in [9.17, 15) is 9.59 Å². The predicted octanol–water partition coefficient (Wildman–Crippen LogP) is 3.99. The van der Waals surface area contributed by atoms with Crippen LogP contribution in [0.5, 0.6) is 0 Å². The second-order valence-electron chi connectivity index (χ2n) is 5.38. The molecular weight excluding hydrogens is 380 g/mol. The van der Waals surface area contributed by atoms with Gasteiger partial charge in [0.15, 0.2) is 0 Å². The summed E-state index contributed by atoms with van der Waals surface area (Å²) in [6, 6.07) is 12.6. The Kier molecular flexibility index (Phi) is 4.41. The van der Waals surface area contributed by atoms with E-state index in [1.54, 1.807) is 11.0 Å². The van der Waals surface area contributed by atoms with E-state index in [1.807, 2.05) is 36.4 Å². The molecule has 0 unspecified atom stereocenters. The van der Waals surface area contributed by atoms with Gasteiger partial charge in [-0.05, 0) is 35.9 Å². The van der Waals surface area contributed by atoms with Crippen molar-refractivity contribution < 1.29 is 9.59 Å².